The summed E-state index contributed by atoms with van der Waals surface area (Å²) in [6.45, 7) is 0.247. The van der Waals surface area contributed by atoms with Crippen molar-refractivity contribution in [2.75, 3.05) is 12.1 Å². The Labute approximate surface area is 155 Å². The predicted octanol–water partition coefficient (Wildman–Crippen LogP) is 5.08. The summed E-state index contributed by atoms with van der Waals surface area (Å²) in [6.07, 6.45) is 1.48. The molecule has 0 unspecified atom stereocenters. The number of amides is 1. The Morgan fingerprint density at radius 3 is 2.56 bits per heavy atom. The molecule has 132 valence electrons. The molecule has 0 aliphatic carbocycles. The van der Waals surface area contributed by atoms with Crippen molar-refractivity contribution in [2.24, 2.45) is 0 Å². The third-order valence-corrected chi connectivity index (χ3v) is 4.60. The predicted molar refractivity (Wildman–Crippen MR) is 102 cm³/mol. The molecule has 1 aromatic heterocycles. The lowest BCUT2D eigenvalue weighted by Crippen LogP contribution is -2.11. The van der Waals surface area contributed by atoms with Gasteiger partial charge in [0.15, 0.2) is 17.3 Å². The van der Waals surface area contributed by atoms with Gasteiger partial charge in [0.25, 0.3) is 5.91 Å². The van der Waals surface area contributed by atoms with Gasteiger partial charge in [-0.3, -0.25) is 4.79 Å². The normalized spacial score (nSPS) is 12.3. The van der Waals surface area contributed by atoms with Gasteiger partial charge in [-0.1, -0.05) is 36.4 Å². The lowest BCUT2D eigenvalue weighted by atomic mass is 9.97. The van der Waals surface area contributed by atoms with Crippen LogP contribution in [-0.2, 0) is 0 Å². The van der Waals surface area contributed by atoms with Crippen LogP contribution in [0, 0.1) is 0 Å². The van der Waals surface area contributed by atoms with Crippen LogP contribution in [-0.4, -0.2) is 12.7 Å². The van der Waals surface area contributed by atoms with Crippen LogP contribution >= 0.6 is 0 Å². The maximum absolute atomic E-state index is 12.4. The van der Waals surface area contributed by atoms with Crippen LogP contribution < -0.4 is 14.8 Å². The van der Waals surface area contributed by atoms with Gasteiger partial charge in [0, 0.05) is 11.1 Å². The first-order chi connectivity index (χ1) is 13.3. The molecule has 0 fully saturated rings. The second kappa shape index (κ2) is 6.21. The molecule has 0 radical (unpaired) electrons. The highest BCUT2D eigenvalue weighted by Gasteiger charge is 2.16. The van der Waals surface area contributed by atoms with Crippen molar-refractivity contribution in [2.45, 2.75) is 0 Å². The van der Waals surface area contributed by atoms with E-state index in [1.165, 1.54) is 6.26 Å². The van der Waals surface area contributed by atoms with Crippen LogP contribution in [0.25, 0.3) is 21.9 Å². The third-order valence-electron chi connectivity index (χ3n) is 4.60. The van der Waals surface area contributed by atoms with Crippen molar-refractivity contribution in [1.82, 2.24) is 0 Å². The van der Waals surface area contributed by atoms with E-state index in [9.17, 15) is 4.79 Å². The van der Waals surface area contributed by atoms with Gasteiger partial charge in [0.05, 0.1) is 6.26 Å². The minimum Gasteiger partial charge on any atom is -0.459 e. The molecule has 5 rings (SSSR count). The highest BCUT2D eigenvalue weighted by Crippen LogP contribution is 2.39. The van der Waals surface area contributed by atoms with Gasteiger partial charge in [-0.2, -0.15) is 0 Å². The van der Waals surface area contributed by atoms with Crippen LogP contribution in [0.15, 0.2) is 77.4 Å². The maximum Gasteiger partial charge on any atom is 0.291 e. The fraction of sp³-hybridized carbons (Fsp3) is 0.0455. The summed E-state index contributed by atoms with van der Waals surface area (Å²) in [5, 5.41) is 4.92. The number of benzene rings is 3. The first kappa shape index (κ1) is 15.5. The Bertz CT molecular complexity index is 1150. The lowest BCUT2D eigenvalue weighted by Gasteiger charge is -2.12. The van der Waals surface area contributed by atoms with Crippen molar-refractivity contribution < 1.29 is 18.7 Å². The molecule has 4 aromatic rings. The molecular weight excluding hydrogens is 342 g/mol. The summed E-state index contributed by atoms with van der Waals surface area (Å²) in [5.41, 5.74) is 2.82. The molecule has 3 aromatic carbocycles. The second-order valence-corrected chi connectivity index (χ2v) is 6.21. The van der Waals surface area contributed by atoms with Crippen LogP contribution in [0.3, 0.4) is 0 Å². The summed E-state index contributed by atoms with van der Waals surface area (Å²) in [4.78, 5) is 12.4. The Balaban J connectivity index is 1.59. The molecule has 1 aliphatic heterocycles. The Morgan fingerprint density at radius 2 is 1.70 bits per heavy atom. The smallest absolute Gasteiger partial charge is 0.291 e. The Kier molecular flexibility index (Phi) is 3.57. The molecule has 2 heterocycles. The van der Waals surface area contributed by atoms with Crippen LogP contribution in [0.2, 0.25) is 0 Å². The summed E-state index contributed by atoms with van der Waals surface area (Å²) in [6, 6.07) is 21.1. The monoisotopic (exact) mass is 357 g/mol. The molecule has 5 nitrogen and oxygen atoms in total. The van der Waals surface area contributed by atoms with E-state index in [-0.39, 0.29) is 18.5 Å². The highest BCUT2D eigenvalue weighted by atomic mass is 16.7. The number of carbonyl (C=O) groups is 1. The van der Waals surface area contributed by atoms with Gasteiger partial charge in [0.2, 0.25) is 6.79 Å². The van der Waals surface area contributed by atoms with E-state index >= 15 is 0 Å². The number of hydrogen-bond donors (Lipinski definition) is 1. The summed E-state index contributed by atoms with van der Waals surface area (Å²) < 4.78 is 16.1. The summed E-state index contributed by atoms with van der Waals surface area (Å²) >= 11 is 0. The molecule has 0 atom stereocenters. The zero-order valence-electron chi connectivity index (χ0n) is 14.3. The first-order valence-corrected chi connectivity index (χ1v) is 8.56. The molecule has 1 amide bonds. The number of nitrogens with one attached hydrogen (secondary N) is 1. The number of rotatable bonds is 3. The van der Waals surface area contributed by atoms with Crippen molar-refractivity contribution >= 4 is 22.4 Å². The molecule has 0 saturated heterocycles. The van der Waals surface area contributed by atoms with E-state index in [4.69, 9.17) is 13.9 Å². The van der Waals surface area contributed by atoms with Crippen LogP contribution in [0.4, 0.5) is 5.69 Å². The van der Waals surface area contributed by atoms with Gasteiger partial charge in [0.1, 0.15) is 0 Å². The molecule has 1 N–H and O–H groups in total. The van der Waals surface area contributed by atoms with Crippen molar-refractivity contribution in [3.63, 3.8) is 0 Å². The van der Waals surface area contributed by atoms with Crippen molar-refractivity contribution in [3.8, 4) is 22.6 Å². The average Bonchev–Trinajstić information content (AvgIpc) is 3.39. The average molecular weight is 357 g/mol. The standard InChI is InChI=1S/C22H15NO4/c24-22(20-6-3-11-25-20)23-18-9-8-15(16-4-1-2-5-17(16)18)14-7-10-19-21(12-14)27-13-26-19/h1-12H,13H2,(H,23,24). The number of furan rings is 1. The third kappa shape index (κ3) is 2.69. The molecule has 0 saturated carbocycles. The van der Waals surface area contributed by atoms with E-state index in [0.29, 0.717) is 0 Å². The number of hydrogen-bond acceptors (Lipinski definition) is 4. The van der Waals surface area contributed by atoms with Crippen LogP contribution in [0.1, 0.15) is 10.6 Å². The minimum absolute atomic E-state index is 0.247. The largest absolute Gasteiger partial charge is 0.459 e. The zero-order chi connectivity index (χ0) is 18.2. The molecule has 0 bridgehead atoms. The number of ether oxygens (including phenoxy) is 2. The topological polar surface area (TPSA) is 60.7 Å². The van der Waals surface area contributed by atoms with Crippen molar-refractivity contribution in [1.29, 1.82) is 0 Å². The Hall–Kier alpha value is -3.73. The fourth-order valence-corrected chi connectivity index (χ4v) is 3.32. The van der Waals surface area contributed by atoms with Gasteiger partial charge >= 0.3 is 0 Å². The minimum atomic E-state index is -0.277. The maximum atomic E-state index is 12.4. The molecule has 0 spiro atoms. The molecule has 1 aliphatic rings. The highest BCUT2D eigenvalue weighted by molar-refractivity contribution is 6.10. The fourth-order valence-electron chi connectivity index (χ4n) is 3.32. The van der Waals surface area contributed by atoms with Gasteiger partial charge in [-0.25, -0.2) is 0 Å². The van der Waals surface area contributed by atoms with Gasteiger partial charge in [-0.15, -0.1) is 0 Å². The first-order valence-electron chi connectivity index (χ1n) is 8.56. The summed E-state index contributed by atoms with van der Waals surface area (Å²) in [7, 11) is 0. The molecular formula is C22H15NO4. The van der Waals surface area contributed by atoms with E-state index in [1.807, 2.05) is 54.6 Å². The quantitative estimate of drug-likeness (QED) is 0.555. The summed E-state index contributed by atoms with van der Waals surface area (Å²) in [5.74, 6) is 1.50. The Morgan fingerprint density at radius 1 is 0.852 bits per heavy atom. The van der Waals surface area contributed by atoms with E-state index < -0.39 is 0 Å². The zero-order valence-corrected chi connectivity index (χ0v) is 14.3. The molecule has 27 heavy (non-hydrogen) atoms. The SMILES string of the molecule is O=C(Nc1ccc(-c2ccc3c(c2)OCO3)c2ccccc12)c1ccco1. The van der Waals surface area contributed by atoms with Crippen molar-refractivity contribution in [3.05, 3.63) is 78.8 Å². The number of fused-ring (bicyclic) bond motifs is 2. The second-order valence-electron chi connectivity index (χ2n) is 6.21. The van der Waals surface area contributed by atoms with E-state index in [1.54, 1.807) is 12.1 Å². The van der Waals surface area contributed by atoms with E-state index in [0.717, 1.165) is 39.1 Å². The molecule has 5 heteroatoms. The lowest BCUT2D eigenvalue weighted by molar-refractivity contribution is 0.0997. The number of carbonyl (C=O) groups excluding carboxylic acids is 1. The van der Waals surface area contributed by atoms with E-state index in [2.05, 4.69) is 5.32 Å². The van der Waals surface area contributed by atoms with Crippen LogP contribution in [0.5, 0.6) is 11.5 Å². The van der Waals surface area contributed by atoms with Gasteiger partial charge < -0.3 is 19.2 Å². The number of anilines is 1. The van der Waals surface area contributed by atoms with Gasteiger partial charge in [-0.05, 0) is 46.8 Å².